The Balaban J connectivity index is 1.58. The lowest BCUT2D eigenvalue weighted by Gasteiger charge is -2.31. The van der Waals surface area contributed by atoms with Crippen LogP contribution in [0.25, 0.3) is 10.9 Å². The van der Waals surface area contributed by atoms with Crippen LogP contribution in [0.15, 0.2) is 50.6 Å². The number of rotatable bonds is 4. The second-order valence-corrected chi connectivity index (χ2v) is 7.01. The average Bonchev–Trinajstić information content (AvgIpc) is 3.26. The van der Waals surface area contributed by atoms with E-state index in [1.54, 1.807) is 42.3 Å². The lowest BCUT2D eigenvalue weighted by Crippen LogP contribution is -2.44. The van der Waals surface area contributed by atoms with Gasteiger partial charge in [-0.25, -0.2) is 4.79 Å². The maximum absolute atomic E-state index is 12.9. The zero-order chi connectivity index (χ0) is 19.7. The fourth-order valence-corrected chi connectivity index (χ4v) is 3.89. The van der Waals surface area contributed by atoms with Crippen LogP contribution in [0.5, 0.6) is 0 Å². The standard InChI is InChI=1S/C20H22N4O4/c1-2-23-19(26)15-5-3-4-6-16(15)24(20(23)27)13-18(25)22-11-8-14(9-12-22)17-7-10-21-28-17/h3-7,10,14H,2,8-9,11-13H2,1H3. The molecule has 1 fully saturated rings. The van der Waals surface area contributed by atoms with E-state index in [2.05, 4.69) is 5.16 Å². The summed E-state index contributed by atoms with van der Waals surface area (Å²) in [6.07, 6.45) is 3.23. The number of hydrogen-bond donors (Lipinski definition) is 0. The highest BCUT2D eigenvalue weighted by atomic mass is 16.5. The number of para-hydroxylation sites is 1. The molecule has 2 aromatic heterocycles. The minimum Gasteiger partial charge on any atom is -0.361 e. The van der Waals surface area contributed by atoms with Crippen LogP contribution in [-0.4, -0.2) is 38.2 Å². The number of hydrogen-bond acceptors (Lipinski definition) is 5. The number of piperidine rings is 1. The molecule has 0 spiro atoms. The molecular weight excluding hydrogens is 360 g/mol. The van der Waals surface area contributed by atoms with Gasteiger partial charge in [-0.2, -0.15) is 0 Å². The average molecular weight is 382 g/mol. The van der Waals surface area contributed by atoms with Crippen molar-refractivity contribution in [3.05, 3.63) is 63.1 Å². The predicted octanol–water partition coefficient (Wildman–Crippen LogP) is 1.58. The number of carbonyl (C=O) groups is 1. The molecule has 1 aliphatic rings. The largest absolute Gasteiger partial charge is 0.361 e. The van der Waals surface area contributed by atoms with Gasteiger partial charge in [0.2, 0.25) is 5.91 Å². The third-order valence-electron chi connectivity index (χ3n) is 5.45. The van der Waals surface area contributed by atoms with Crippen molar-refractivity contribution < 1.29 is 9.32 Å². The number of nitrogens with zero attached hydrogens (tertiary/aromatic N) is 4. The SMILES string of the molecule is CCn1c(=O)c2ccccc2n(CC(=O)N2CCC(c3ccno3)CC2)c1=O. The zero-order valence-corrected chi connectivity index (χ0v) is 15.7. The van der Waals surface area contributed by atoms with E-state index in [-0.39, 0.29) is 30.5 Å². The van der Waals surface area contributed by atoms with Crippen molar-refractivity contribution in [1.82, 2.24) is 19.2 Å². The molecule has 0 radical (unpaired) electrons. The highest BCUT2D eigenvalue weighted by Gasteiger charge is 2.26. The van der Waals surface area contributed by atoms with Gasteiger partial charge < -0.3 is 9.42 Å². The molecule has 1 aromatic carbocycles. The Morgan fingerprint density at radius 1 is 1.14 bits per heavy atom. The number of amides is 1. The molecule has 3 heterocycles. The number of fused-ring (bicyclic) bond motifs is 1. The van der Waals surface area contributed by atoms with E-state index in [0.717, 1.165) is 18.6 Å². The summed E-state index contributed by atoms with van der Waals surface area (Å²) in [6.45, 7) is 3.14. The molecule has 1 saturated heterocycles. The molecule has 0 saturated carbocycles. The van der Waals surface area contributed by atoms with Gasteiger partial charge in [-0.15, -0.1) is 0 Å². The Kier molecular flexibility index (Phi) is 4.85. The molecule has 4 rings (SSSR count). The summed E-state index contributed by atoms with van der Waals surface area (Å²) >= 11 is 0. The highest BCUT2D eigenvalue weighted by molar-refractivity contribution is 5.81. The Labute approximate surface area is 161 Å². The third-order valence-corrected chi connectivity index (χ3v) is 5.45. The first-order valence-corrected chi connectivity index (χ1v) is 9.51. The van der Waals surface area contributed by atoms with Gasteiger partial charge in [-0.05, 0) is 31.9 Å². The molecule has 0 atom stereocenters. The first-order valence-electron chi connectivity index (χ1n) is 9.51. The smallest absolute Gasteiger partial charge is 0.331 e. The summed E-state index contributed by atoms with van der Waals surface area (Å²) in [6, 6.07) is 8.78. The fraction of sp³-hybridized carbons (Fsp3) is 0.400. The summed E-state index contributed by atoms with van der Waals surface area (Å²) in [4.78, 5) is 40.0. The van der Waals surface area contributed by atoms with Crippen LogP contribution in [-0.2, 0) is 17.9 Å². The Bertz CT molecular complexity index is 1110. The van der Waals surface area contributed by atoms with Crippen LogP contribution in [0.2, 0.25) is 0 Å². The van der Waals surface area contributed by atoms with Gasteiger partial charge in [0.25, 0.3) is 5.56 Å². The number of likely N-dealkylation sites (tertiary alicyclic amines) is 1. The van der Waals surface area contributed by atoms with E-state index >= 15 is 0 Å². The van der Waals surface area contributed by atoms with Crippen LogP contribution in [0.3, 0.4) is 0 Å². The van der Waals surface area contributed by atoms with Crippen molar-refractivity contribution in [2.24, 2.45) is 0 Å². The molecule has 0 aliphatic carbocycles. The normalized spacial score (nSPS) is 15.2. The summed E-state index contributed by atoms with van der Waals surface area (Å²) in [7, 11) is 0. The van der Waals surface area contributed by atoms with E-state index in [9.17, 15) is 14.4 Å². The van der Waals surface area contributed by atoms with Crippen molar-refractivity contribution in [1.29, 1.82) is 0 Å². The molecule has 1 amide bonds. The van der Waals surface area contributed by atoms with Gasteiger partial charge in [0.15, 0.2) is 0 Å². The maximum atomic E-state index is 12.9. The molecule has 3 aromatic rings. The molecule has 8 nitrogen and oxygen atoms in total. The van der Waals surface area contributed by atoms with E-state index in [0.29, 0.717) is 24.0 Å². The maximum Gasteiger partial charge on any atom is 0.331 e. The second-order valence-electron chi connectivity index (χ2n) is 7.01. The minimum atomic E-state index is -0.448. The minimum absolute atomic E-state index is 0.0768. The number of benzene rings is 1. The highest BCUT2D eigenvalue weighted by Crippen LogP contribution is 2.27. The summed E-state index contributed by atoms with van der Waals surface area (Å²) in [5.74, 6) is 0.992. The van der Waals surface area contributed by atoms with E-state index in [1.165, 1.54) is 9.13 Å². The predicted molar refractivity (Wildman–Crippen MR) is 103 cm³/mol. The van der Waals surface area contributed by atoms with Gasteiger partial charge in [-0.3, -0.25) is 18.7 Å². The van der Waals surface area contributed by atoms with Gasteiger partial charge in [0.1, 0.15) is 12.3 Å². The number of aromatic nitrogens is 3. The first-order chi connectivity index (χ1) is 13.6. The summed E-state index contributed by atoms with van der Waals surface area (Å²) in [5, 5.41) is 4.19. The molecule has 0 N–H and O–H groups in total. The van der Waals surface area contributed by atoms with Crippen molar-refractivity contribution >= 4 is 16.8 Å². The van der Waals surface area contributed by atoms with Crippen LogP contribution < -0.4 is 11.2 Å². The third kappa shape index (κ3) is 3.15. The van der Waals surface area contributed by atoms with Crippen LogP contribution in [0, 0.1) is 0 Å². The topological polar surface area (TPSA) is 90.3 Å². The van der Waals surface area contributed by atoms with Crippen LogP contribution in [0.1, 0.15) is 31.4 Å². The summed E-state index contributed by atoms with van der Waals surface area (Å²) < 4.78 is 7.81. The molecule has 28 heavy (non-hydrogen) atoms. The van der Waals surface area contributed by atoms with Crippen molar-refractivity contribution in [2.45, 2.75) is 38.8 Å². The molecular formula is C20H22N4O4. The first kappa shape index (κ1) is 18.2. The van der Waals surface area contributed by atoms with E-state index in [1.807, 2.05) is 6.07 Å². The molecule has 0 unspecified atom stereocenters. The molecule has 0 bridgehead atoms. The van der Waals surface area contributed by atoms with Gasteiger partial charge >= 0.3 is 5.69 Å². The van der Waals surface area contributed by atoms with E-state index < -0.39 is 5.69 Å². The molecule has 1 aliphatic heterocycles. The zero-order valence-electron chi connectivity index (χ0n) is 15.7. The monoisotopic (exact) mass is 382 g/mol. The number of carbonyl (C=O) groups excluding carboxylic acids is 1. The van der Waals surface area contributed by atoms with Crippen molar-refractivity contribution in [3.8, 4) is 0 Å². The second kappa shape index (κ2) is 7.46. The Morgan fingerprint density at radius 3 is 2.57 bits per heavy atom. The lowest BCUT2D eigenvalue weighted by molar-refractivity contribution is -0.133. The van der Waals surface area contributed by atoms with Crippen molar-refractivity contribution in [2.75, 3.05) is 13.1 Å². The van der Waals surface area contributed by atoms with Gasteiger partial charge in [0, 0.05) is 31.6 Å². The quantitative estimate of drug-likeness (QED) is 0.683. The Morgan fingerprint density at radius 2 is 1.89 bits per heavy atom. The van der Waals surface area contributed by atoms with Gasteiger partial charge in [-0.1, -0.05) is 17.3 Å². The molecule has 146 valence electrons. The Hall–Kier alpha value is -3.16. The van der Waals surface area contributed by atoms with E-state index in [4.69, 9.17) is 4.52 Å². The summed E-state index contributed by atoms with van der Waals surface area (Å²) in [5.41, 5.74) is -0.275. The van der Waals surface area contributed by atoms with Crippen molar-refractivity contribution in [3.63, 3.8) is 0 Å². The molecule has 8 heteroatoms. The van der Waals surface area contributed by atoms with Gasteiger partial charge in [0.05, 0.1) is 17.1 Å². The van der Waals surface area contributed by atoms with Crippen LogP contribution in [0.4, 0.5) is 0 Å². The lowest BCUT2D eigenvalue weighted by atomic mass is 9.94. The van der Waals surface area contributed by atoms with Crippen LogP contribution >= 0.6 is 0 Å². The fourth-order valence-electron chi connectivity index (χ4n) is 3.89.